The van der Waals surface area contributed by atoms with Gasteiger partial charge in [0.1, 0.15) is 0 Å². The van der Waals surface area contributed by atoms with E-state index in [1.807, 2.05) is 30.3 Å². The maximum absolute atomic E-state index is 12.6. The molecule has 0 heterocycles. The van der Waals surface area contributed by atoms with Gasteiger partial charge in [-0.2, -0.15) is 0 Å². The topological polar surface area (TPSA) is 29.1 Å². The van der Waals surface area contributed by atoms with Crippen LogP contribution in [0, 0.1) is 0 Å². The van der Waals surface area contributed by atoms with Crippen molar-refractivity contribution in [2.24, 2.45) is 0 Å². The minimum atomic E-state index is 0.0787. The van der Waals surface area contributed by atoms with Crippen molar-refractivity contribution in [3.63, 3.8) is 0 Å². The van der Waals surface area contributed by atoms with Crippen LogP contribution in [0.5, 0.6) is 0 Å². The molecule has 2 aromatic rings. The Hall–Kier alpha value is -1.57. The van der Waals surface area contributed by atoms with E-state index in [2.05, 4.69) is 35.6 Å². The van der Waals surface area contributed by atoms with Crippen LogP contribution in [0.3, 0.4) is 0 Å². The molecular formula is C21H25NOSe. The first-order valence-electron chi connectivity index (χ1n) is 8.90. The third-order valence-electron chi connectivity index (χ3n) is 4.59. The standard InChI is InChI=1S/C21H25NOSe/c23-21(17-11-5-3-6-12-17)22-19-15-9-1-2-10-16-20(19)24-18-13-7-4-8-14-18/h3-8,11-14,19-20H,1-2,9-10,15-16H2,(H,22,23)/t19-,20-/m1/s1. The van der Waals surface area contributed by atoms with Gasteiger partial charge in [0, 0.05) is 0 Å². The van der Waals surface area contributed by atoms with Gasteiger partial charge in [0.15, 0.2) is 0 Å². The first-order valence-corrected chi connectivity index (χ1v) is 10.7. The predicted octanol–water partition coefficient (Wildman–Crippen LogP) is 3.96. The Morgan fingerprint density at radius 3 is 2.17 bits per heavy atom. The molecule has 0 bridgehead atoms. The molecule has 0 spiro atoms. The van der Waals surface area contributed by atoms with E-state index in [0.717, 1.165) is 12.0 Å². The first-order chi connectivity index (χ1) is 11.8. The molecule has 1 aliphatic rings. The Morgan fingerprint density at radius 1 is 0.833 bits per heavy atom. The monoisotopic (exact) mass is 387 g/mol. The molecule has 0 unspecified atom stereocenters. The molecule has 2 atom stereocenters. The molecule has 0 radical (unpaired) electrons. The normalized spacial score (nSPS) is 21.5. The fourth-order valence-corrected chi connectivity index (χ4v) is 6.03. The summed E-state index contributed by atoms with van der Waals surface area (Å²) in [6.45, 7) is 0. The van der Waals surface area contributed by atoms with Gasteiger partial charge in [0.25, 0.3) is 0 Å². The second kappa shape index (κ2) is 9.05. The van der Waals surface area contributed by atoms with Gasteiger partial charge in [-0.05, 0) is 0 Å². The van der Waals surface area contributed by atoms with Crippen molar-refractivity contribution in [1.82, 2.24) is 5.32 Å². The molecule has 1 amide bonds. The summed E-state index contributed by atoms with van der Waals surface area (Å²) in [7, 11) is 0. The van der Waals surface area contributed by atoms with Gasteiger partial charge in [-0.1, -0.05) is 0 Å². The Morgan fingerprint density at radius 2 is 1.46 bits per heavy atom. The number of hydrogen-bond acceptors (Lipinski definition) is 1. The number of benzene rings is 2. The molecule has 0 saturated heterocycles. The molecule has 2 aromatic carbocycles. The first kappa shape index (κ1) is 17.3. The van der Waals surface area contributed by atoms with E-state index in [-0.39, 0.29) is 5.91 Å². The van der Waals surface area contributed by atoms with Gasteiger partial charge in [0.05, 0.1) is 0 Å². The van der Waals surface area contributed by atoms with E-state index < -0.39 is 0 Å². The van der Waals surface area contributed by atoms with E-state index in [0.29, 0.717) is 25.8 Å². The zero-order valence-electron chi connectivity index (χ0n) is 14.0. The van der Waals surface area contributed by atoms with Gasteiger partial charge in [-0.25, -0.2) is 0 Å². The summed E-state index contributed by atoms with van der Waals surface area (Å²) in [5.41, 5.74) is 0.769. The van der Waals surface area contributed by atoms with Crippen molar-refractivity contribution in [2.75, 3.05) is 0 Å². The molecule has 2 nitrogen and oxygen atoms in total. The quantitative estimate of drug-likeness (QED) is 0.792. The van der Waals surface area contributed by atoms with Crippen LogP contribution in [-0.4, -0.2) is 26.9 Å². The Labute approximate surface area is 151 Å². The number of rotatable bonds is 4. The van der Waals surface area contributed by atoms with Gasteiger partial charge in [-0.3, -0.25) is 0 Å². The van der Waals surface area contributed by atoms with Gasteiger partial charge in [0.2, 0.25) is 0 Å². The number of amides is 1. The fourth-order valence-electron chi connectivity index (χ4n) is 3.27. The molecule has 1 aliphatic carbocycles. The zero-order chi connectivity index (χ0) is 16.6. The van der Waals surface area contributed by atoms with Crippen LogP contribution < -0.4 is 9.78 Å². The summed E-state index contributed by atoms with van der Waals surface area (Å²) >= 11 is 0.410. The molecule has 1 N–H and O–H groups in total. The second-order valence-corrected chi connectivity index (χ2v) is 9.16. The van der Waals surface area contributed by atoms with Crippen molar-refractivity contribution in [3.05, 3.63) is 66.2 Å². The van der Waals surface area contributed by atoms with E-state index in [1.54, 1.807) is 0 Å². The Kier molecular flexibility index (Phi) is 6.51. The summed E-state index contributed by atoms with van der Waals surface area (Å²) in [4.78, 5) is 13.2. The molecule has 3 heteroatoms. The van der Waals surface area contributed by atoms with Gasteiger partial charge >= 0.3 is 151 Å². The summed E-state index contributed by atoms with van der Waals surface area (Å²) in [5.74, 6) is 0.0787. The second-order valence-electron chi connectivity index (χ2n) is 6.41. The molecular weight excluding hydrogens is 361 g/mol. The molecule has 126 valence electrons. The summed E-state index contributed by atoms with van der Waals surface area (Å²) in [6.07, 6.45) is 7.48. The molecule has 0 aliphatic heterocycles. The van der Waals surface area contributed by atoms with Crippen molar-refractivity contribution in [2.45, 2.75) is 49.4 Å². The van der Waals surface area contributed by atoms with Crippen LogP contribution in [0.2, 0.25) is 4.82 Å². The van der Waals surface area contributed by atoms with Crippen molar-refractivity contribution in [3.8, 4) is 0 Å². The molecule has 24 heavy (non-hydrogen) atoms. The average molecular weight is 386 g/mol. The fraction of sp³-hybridized carbons (Fsp3) is 0.381. The maximum atomic E-state index is 12.6. The molecule has 1 fully saturated rings. The number of hydrogen-bond donors (Lipinski definition) is 1. The van der Waals surface area contributed by atoms with Crippen molar-refractivity contribution >= 4 is 25.3 Å². The summed E-state index contributed by atoms with van der Waals surface area (Å²) < 4.78 is 1.44. The van der Waals surface area contributed by atoms with Crippen LogP contribution in [0.15, 0.2) is 60.7 Å². The van der Waals surface area contributed by atoms with E-state index in [1.165, 1.54) is 36.6 Å². The molecule has 1 saturated carbocycles. The van der Waals surface area contributed by atoms with Gasteiger partial charge in [-0.15, -0.1) is 0 Å². The Balaban J connectivity index is 1.71. The van der Waals surface area contributed by atoms with Crippen LogP contribution in [0.1, 0.15) is 48.9 Å². The molecule has 3 rings (SSSR count). The van der Waals surface area contributed by atoms with Gasteiger partial charge < -0.3 is 0 Å². The SMILES string of the molecule is O=C(N[C@@H]1CCCCCC[C@H]1[Se]c1ccccc1)c1ccccc1. The number of carbonyl (C=O) groups excluding carboxylic acids is 1. The van der Waals surface area contributed by atoms with Crippen LogP contribution >= 0.6 is 0 Å². The van der Waals surface area contributed by atoms with E-state index >= 15 is 0 Å². The molecule has 0 aromatic heterocycles. The summed E-state index contributed by atoms with van der Waals surface area (Å²) in [6, 6.07) is 20.7. The number of carbonyl (C=O) groups is 1. The predicted molar refractivity (Wildman–Crippen MR) is 101 cm³/mol. The third kappa shape index (κ3) is 4.96. The average Bonchev–Trinajstić information content (AvgIpc) is 2.62. The zero-order valence-corrected chi connectivity index (χ0v) is 15.7. The third-order valence-corrected chi connectivity index (χ3v) is 7.55. The number of nitrogens with one attached hydrogen (secondary N) is 1. The van der Waals surface area contributed by atoms with E-state index in [4.69, 9.17) is 0 Å². The van der Waals surface area contributed by atoms with E-state index in [9.17, 15) is 4.79 Å². The minimum absolute atomic E-state index is 0.0787. The summed E-state index contributed by atoms with van der Waals surface area (Å²) in [5, 5.41) is 3.35. The van der Waals surface area contributed by atoms with Crippen LogP contribution in [0.4, 0.5) is 0 Å². The van der Waals surface area contributed by atoms with Crippen molar-refractivity contribution < 1.29 is 4.79 Å². The van der Waals surface area contributed by atoms with Crippen molar-refractivity contribution in [1.29, 1.82) is 0 Å². The van der Waals surface area contributed by atoms with Crippen LogP contribution in [-0.2, 0) is 0 Å². The van der Waals surface area contributed by atoms with Crippen LogP contribution in [0.25, 0.3) is 0 Å². The Bertz CT molecular complexity index is 629.